The summed E-state index contributed by atoms with van der Waals surface area (Å²) in [6.45, 7) is 3.66. The van der Waals surface area contributed by atoms with Crippen LogP contribution in [0, 0.1) is 19.7 Å². The van der Waals surface area contributed by atoms with E-state index >= 15 is 0 Å². The largest absolute Gasteiger partial charge is 0.377 e. The lowest BCUT2D eigenvalue weighted by Gasteiger charge is -2.17. The molecular formula is C17H19FN2O. The monoisotopic (exact) mass is 286 g/mol. The van der Waals surface area contributed by atoms with Crippen molar-refractivity contribution in [3.63, 3.8) is 0 Å². The zero-order valence-corrected chi connectivity index (χ0v) is 12.7. The second-order valence-electron chi connectivity index (χ2n) is 5.31. The van der Waals surface area contributed by atoms with Gasteiger partial charge in [0, 0.05) is 31.0 Å². The van der Waals surface area contributed by atoms with Gasteiger partial charge in [0.05, 0.1) is 0 Å². The number of halogens is 1. The summed E-state index contributed by atoms with van der Waals surface area (Å²) >= 11 is 0. The molecule has 3 nitrogen and oxygen atoms in total. The van der Waals surface area contributed by atoms with Crippen molar-refractivity contribution in [1.82, 2.24) is 0 Å². The first-order valence-corrected chi connectivity index (χ1v) is 6.74. The van der Waals surface area contributed by atoms with Crippen molar-refractivity contribution in [3.05, 3.63) is 58.9 Å². The van der Waals surface area contributed by atoms with Crippen LogP contribution in [0.3, 0.4) is 0 Å². The van der Waals surface area contributed by atoms with Gasteiger partial charge in [-0.2, -0.15) is 0 Å². The minimum Gasteiger partial charge on any atom is -0.377 e. The fourth-order valence-corrected chi connectivity index (χ4v) is 2.16. The van der Waals surface area contributed by atoms with Crippen LogP contribution in [0.4, 0.5) is 15.8 Å². The van der Waals surface area contributed by atoms with Crippen molar-refractivity contribution in [3.8, 4) is 0 Å². The summed E-state index contributed by atoms with van der Waals surface area (Å²) in [5, 5.41) is 2.84. The minimum absolute atomic E-state index is 0.244. The van der Waals surface area contributed by atoms with E-state index in [0.717, 1.165) is 16.9 Å². The lowest BCUT2D eigenvalue weighted by molar-refractivity contribution is 0.102. The van der Waals surface area contributed by atoms with Crippen molar-refractivity contribution < 1.29 is 9.18 Å². The number of benzene rings is 2. The van der Waals surface area contributed by atoms with Gasteiger partial charge in [-0.25, -0.2) is 4.39 Å². The summed E-state index contributed by atoms with van der Waals surface area (Å²) in [6, 6.07) is 10.1. The highest BCUT2D eigenvalue weighted by atomic mass is 19.1. The number of carbonyl (C=O) groups excluding carboxylic acids is 1. The number of hydrogen-bond acceptors (Lipinski definition) is 2. The quantitative estimate of drug-likeness (QED) is 0.931. The first kappa shape index (κ1) is 15.0. The molecule has 110 valence electrons. The predicted octanol–water partition coefficient (Wildman–Crippen LogP) is 3.76. The van der Waals surface area contributed by atoms with Crippen LogP contribution in [0.25, 0.3) is 0 Å². The molecule has 0 atom stereocenters. The Morgan fingerprint density at radius 3 is 2.38 bits per heavy atom. The summed E-state index contributed by atoms with van der Waals surface area (Å²) < 4.78 is 13.2. The number of hydrogen-bond donors (Lipinski definition) is 1. The zero-order chi connectivity index (χ0) is 15.6. The molecule has 1 amide bonds. The molecule has 0 radical (unpaired) electrons. The molecule has 0 spiro atoms. The summed E-state index contributed by atoms with van der Waals surface area (Å²) in [4.78, 5) is 14.2. The molecule has 0 aromatic heterocycles. The van der Waals surface area contributed by atoms with Gasteiger partial charge in [0.25, 0.3) is 5.91 Å². The second kappa shape index (κ2) is 5.95. The molecule has 2 rings (SSSR count). The second-order valence-corrected chi connectivity index (χ2v) is 5.31. The SMILES string of the molecule is Cc1cc(C(=O)Nc2ccc(C)c(N(C)C)c2)ccc1F. The van der Waals surface area contributed by atoms with Crippen LogP contribution in [-0.2, 0) is 0 Å². The van der Waals surface area contributed by atoms with Gasteiger partial charge in [-0.3, -0.25) is 4.79 Å². The molecule has 0 unspecified atom stereocenters. The number of aryl methyl sites for hydroxylation is 2. The van der Waals surface area contributed by atoms with Crippen molar-refractivity contribution in [2.75, 3.05) is 24.3 Å². The van der Waals surface area contributed by atoms with Gasteiger partial charge in [-0.1, -0.05) is 6.07 Å². The maximum Gasteiger partial charge on any atom is 0.255 e. The fourth-order valence-electron chi connectivity index (χ4n) is 2.16. The van der Waals surface area contributed by atoms with Crippen LogP contribution in [0.1, 0.15) is 21.5 Å². The molecule has 0 aliphatic rings. The van der Waals surface area contributed by atoms with E-state index in [1.54, 1.807) is 13.0 Å². The maximum absolute atomic E-state index is 13.2. The van der Waals surface area contributed by atoms with Gasteiger partial charge in [-0.05, 0) is 55.3 Å². The first-order valence-electron chi connectivity index (χ1n) is 6.74. The number of anilines is 2. The highest BCUT2D eigenvalue weighted by Crippen LogP contribution is 2.23. The Balaban J connectivity index is 2.23. The third-order valence-electron chi connectivity index (χ3n) is 3.37. The van der Waals surface area contributed by atoms with E-state index in [4.69, 9.17) is 0 Å². The lowest BCUT2D eigenvalue weighted by atomic mass is 10.1. The fraction of sp³-hybridized carbons (Fsp3) is 0.235. The van der Waals surface area contributed by atoms with Gasteiger partial charge in [0.2, 0.25) is 0 Å². The Morgan fingerprint density at radius 1 is 1.05 bits per heavy atom. The Labute approximate surface area is 124 Å². The molecule has 0 saturated heterocycles. The van der Waals surface area contributed by atoms with Crippen LogP contribution < -0.4 is 10.2 Å². The Morgan fingerprint density at radius 2 is 1.76 bits per heavy atom. The lowest BCUT2D eigenvalue weighted by Crippen LogP contribution is -2.14. The Hall–Kier alpha value is -2.36. The summed E-state index contributed by atoms with van der Waals surface area (Å²) in [6.07, 6.45) is 0. The van der Waals surface area contributed by atoms with Crippen LogP contribution in [0.5, 0.6) is 0 Å². The molecule has 0 fully saturated rings. The normalized spacial score (nSPS) is 10.3. The van der Waals surface area contributed by atoms with Crippen molar-refractivity contribution in [2.24, 2.45) is 0 Å². The third-order valence-corrected chi connectivity index (χ3v) is 3.37. The van der Waals surface area contributed by atoms with Crippen LogP contribution in [0.2, 0.25) is 0 Å². The average molecular weight is 286 g/mol. The zero-order valence-electron chi connectivity index (χ0n) is 12.7. The number of carbonyl (C=O) groups is 1. The highest BCUT2D eigenvalue weighted by molar-refractivity contribution is 6.04. The number of nitrogens with zero attached hydrogens (tertiary/aromatic N) is 1. The highest BCUT2D eigenvalue weighted by Gasteiger charge is 2.09. The van der Waals surface area contributed by atoms with E-state index in [1.165, 1.54) is 12.1 Å². The predicted molar refractivity (Wildman–Crippen MR) is 84.6 cm³/mol. The first-order chi connectivity index (χ1) is 9.88. The van der Waals surface area contributed by atoms with Gasteiger partial charge in [0.15, 0.2) is 0 Å². The summed E-state index contributed by atoms with van der Waals surface area (Å²) in [5.74, 6) is -0.552. The van der Waals surface area contributed by atoms with Gasteiger partial charge < -0.3 is 10.2 Å². The number of rotatable bonds is 3. The topological polar surface area (TPSA) is 32.3 Å². The van der Waals surface area contributed by atoms with Crippen molar-refractivity contribution >= 4 is 17.3 Å². The van der Waals surface area contributed by atoms with E-state index < -0.39 is 0 Å². The standard InChI is InChI=1S/C17H19FN2O/c1-11-5-7-14(10-16(11)20(3)4)19-17(21)13-6-8-15(18)12(2)9-13/h5-10H,1-4H3,(H,19,21). The van der Waals surface area contributed by atoms with Crippen molar-refractivity contribution in [1.29, 1.82) is 0 Å². The summed E-state index contributed by atoms with van der Waals surface area (Å²) in [7, 11) is 3.91. The molecule has 0 heterocycles. The van der Waals surface area contributed by atoms with E-state index in [2.05, 4.69) is 5.32 Å². The summed E-state index contributed by atoms with van der Waals surface area (Å²) in [5.41, 5.74) is 3.80. The smallest absolute Gasteiger partial charge is 0.255 e. The van der Waals surface area contributed by atoms with Crippen molar-refractivity contribution in [2.45, 2.75) is 13.8 Å². The van der Waals surface area contributed by atoms with E-state index in [9.17, 15) is 9.18 Å². The molecule has 2 aromatic carbocycles. The van der Waals surface area contributed by atoms with E-state index in [1.807, 2.05) is 44.1 Å². The Bertz CT molecular complexity index is 680. The number of nitrogens with one attached hydrogen (secondary N) is 1. The molecule has 0 aliphatic carbocycles. The van der Waals surface area contributed by atoms with Gasteiger partial charge >= 0.3 is 0 Å². The molecule has 0 aliphatic heterocycles. The molecule has 2 aromatic rings. The number of amides is 1. The molecule has 4 heteroatoms. The molecule has 0 saturated carbocycles. The maximum atomic E-state index is 13.2. The molecular weight excluding hydrogens is 267 g/mol. The van der Waals surface area contributed by atoms with Crippen LogP contribution in [0.15, 0.2) is 36.4 Å². The minimum atomic E-state index is -0.309. The van der Waals surface area contributed by atoms with Crippen LogP contribution in [-0.4, -0.2) is 20.0 Å². The van der Waals surface area contributed by atoms with E-state index in [-0.39, 0.29) is 11.7 Å². The molecule has 1 N–H and O–H groups in total. The average Bonchev–Trinajstić information content (AvgIpc) is 2.43. The molecule has 21 heavy (non-hydrogen) atoms. The van der Waals surface area contributed by atoms with E-state index in [0.29, 0.717) is 11.1 Å². The third kappa shape index (κ3) is 3.40. The molecule has 0 bridgehead atoms. The van der Waals surface area contributed by atoms with Gasteiger partial charge in [0.1, 0.15) is 5.82 Å². The van der Waals surface area contributed by atoms with Gasteiger partial charge in [-0.15, -0.1) is 0 Å². The van der Waals surface area contributed by atoms with Crippen LogP contribution >= 0.6 is 0 Å². The Kier molecular flexibility index (Phi) is 4.26.